The molecule has 2 aromatic rings. The fraction of sp³-hybridized carbons (Fsp3) is 0.368. The van der Waals surface area contributed by atoms with Crippen molar-refractivity contribution in [1.29, 1.82) is 0 Å². The van der Waals surface area contributed by atoms with Gasteiger partial charge in [-0.15, -0.1) is 0 Å². The highest BCUT2D eigenvalue weighted by Crippen LogP contribution is 2.27. The highest BCUT2D eigenvalue weighted by molar-refractivity contribution is 5.86. The molecule has 0 aliphatic heterocycles. The Kier molecular flexibility index (Phi) is 4.99. The third kappa shape index (κ3) is 3.35. The molecule has 0 saturated carbocycles. The number of carbonyl (C=O) groups excluding carboxylic acids is 2. The van der Waals surface area contributed by atoms with Crippen LogP contribution in [-0.4, -0.2) is 30.5 Å². The molecule has 5 nitrogen and oxygen atoms in total. The Morgan fingerprint density at radius 2 is 1.96 bits per heavy atom. The smallest absolute Gasteiger partial charge is 0.309 e. The van der Waals surface area contributed by atoms with Crippen molar-refractivity contribution in [2.75, 3.05) is 13.7 Å². The van der Waals surface area contributed by atoms with E-state index in [0.717, 1.165) is 11.9 Å². The van der Waals surface area contributed by atoms with Crippen LogP contribution in [0.15, 0.2) is 42.6 Å². The van der Waals surface area contributed by atoms with Gasteiger partial charge in [-0.05, 0) is 30.9 Å². The van der Waals surface area contributed by atoms with Crippen LogP contribution in [-0.2, 0) is 20.7 Å². The van der Waals surface area contributed by atoms with Crippen LogP contribution in [0.4, 0.5) is 0 Å². The molecule has 1 aliphatic rings. The van der Waals surface area contributed by atoms with Gasteiger partial charge < -0.3 is 15.0 Å². The quantitative estimate of drug-likeness (QED) is 0.655. The largest absolute Gasteiger partial charge is 0.469 e. The standard InChI is InChI=1S/C19H22N2O3/c1-24-19(23)16-8-3-2-7-15(16)18(22)20-11-10-13-12-21-17-9-5-4-6-14(13)17/h2-6,9,12,15-16,21H,7-8,10-11H2,1H3,(H,20,22)/t15-,16-/m0/s1. The molecule has 0 saturated heterocycles. The van der Waals surface area contributed by atoms with Crippen LogP contribution in [0.2, 0.25) is 0 Å². The first-order chi connectivity index (χ1) is 11.7. The molecule has 0 radical (unpaired) electrons. The van der Waals surface area contributed by atoms with Crippen molar-refractivity contribution in [3.63, 3.8) is 0 Å². The topological polar surface area (TPSA) is 71.2 Å². The number of rotatable bonds is 5. The Morgan fingerprint density at radius 3 is 2.75 bits per heavy atom. The number of methoxy groups -OCH3 is 1. The van der Waals surface area contributed by atoms with E-state index in [1.807, 2.05) is 36.5 Å². The molecule has 2 atom stereocenters. The highest BCUT2D eigenvalue weighted by Gasteiger charge is 2.34. The Balaban J connectivity index is 1.59. The molecular weight excluding hydrogens is 304 g/mol. The zero-order chi connectivity index (χ0) is 16.9. The molecule has 0 fully saturated rings. The van der Waals surface area contributed by atoms with Gasteiger partial charge in [-0.3, -0.25) is 9.59 Å². The lowest BCUT2D eigenvalue weighted by Crippen LogP contribution is -2.39. The van der Waals surface area contributed by atoms with Gasteiger partial charge in [0.1, 0.15) is 0 Å². The summed E-state index contributed by atoms with van der Waals surface area (Å²) in [5.74, 6) is -1.11. The van der Waals surface area contributed by atoms with Crippen molar-refractivity contribution in [2.45, 2.75) is 19.3 Å². The minimum atomic E-state index is -0.381. The molecule has 0 bridgehead atoms. The zero-order valence-electron chi connectivity index (χ0n) is 13.7. The predicted octanol–water partition coefficient (Wildman–Crippen LogP) is 2.58. The number of benzene rings is 1. The molecule has 1 aromatic carbocycles. The summed E-state index contributed by atoms with van der Waals surface area (Å²) >= 11 is 0. The van der Waals surface area contributed by atoms with Crippen LogP contribution >= 0.6 is 0 Å². The number of hydrogen-bond donors (Lipinski definition) is 2. The van der Waals surface area contributed by atoms with E-state index in [2.05, 4.69) is 16.4 Å². The van der Waals surface area contributed by atoms with Crippen molar-refractivity contribution >= 4 is 22.8 Å². The van der Waals surface area contributed by atoms with Crippen LogP contribution < -0.4 is 5.32 Å². The molecule has 1 aliphatic carbocycles. The number of amides is 1. The fourth-order valence-electron chi connectivity index (χ4n) is 3.31. The number of nitrogens with one attached hydrogen (secondary N) is 2. The highest BCUT2D eigenvalue weighted by atomic mass is 16.5. The maximum atomic E-state index is 12.5. The van der Waals surface area contributed by atoms with Crippen molar-refractivity contribution in [1.82, 2.24) is 10.3 Å². The monoisotopic (exact) mass is 326 g/mol. The number of hydrogen-bond acceptors (Lipinski definition) is 3. The molecule has 1 heterocycles. The third-order valence-corrected chi connectivity index (χ3v) is 4.64. The summed E-state index contributed by atoms with van der Waals surface area (Å²) in [6.45, 7) is 0.550. The van der Waals surface area contributed by atoms with Gasteiger partial charge in [0.2, 0.25) is 5.91 Å². The van der Waals surface area contributed by atoms with Gasteiger partial charge in [0.25, 0.3) is 0 Å². The number of para-hydroxylation sites is 1. The van der Waals surface area contributed by atoms with Gasteiger partial charge >= 0.3 is 5.97 Å². The van der Waals surface area contributed by atoms with Crippen LogP contribution in [0.5, 0.6) is 0 Å². The number of aromatic nitrogens is 1. The van der Waals surface area contributed by atoms with E-state index in [0.29, 0.717) is 19.4 Å². The fourth-order valence-corrected chi connectivity index (χ4v) is 3.31. The SMILES string of the molecule is COC(=O)[C@H]1CC=CC[C@@H]1C(=O)NCCc1c[nH]c2ccccc12. The van der Waals surface area contributed by atoms with Crippen molar-refractivity contribution in [2.24, 2.45) is 11.8 Å². The van der Waals surface area contributed by atoms with E-state index in [1.54, 1.807) is 0 Å². The van der Waals surface area contributed by atoms with E-state index in [9.17, 15) is 9.59 Å². The van der Waals surface area contributed by atoms with Crippen molar-refractivity contribution in [3.05, 3.63) is 48.2 Å². The Morgan fingerprint density at radius 1 is 1.21 bits per heavy atom. The maximum absolute atomic E-state index is 12.5. The minimum Gasteiger partial charge on any atom is -0.469 e. The van der Waals surface area contributed by atoms with Gasteiger partial charge in [0, 0.05) is 23.6 Å². The summed E-state index contributed by atoms with van der Waals surface area (Å²) < 4.78 is 4.82. The van der Waals surface area contributed by atoms with Gasteiger partial charge in [-0.1, -0.05) is 30.4 Å². The van der Waals surface area contributed by atoms with Gasteiger partial charge in [0.15, 0.2) is 0 Å². The van der Waals surface area contributed by atoms with Crippen LogP contribution in [0.1, 0.15) is 18.4 Å². The maximum Gasteiger partial charge on any atom is 0.309 e. The summed E-state index contributed by atoms with van der Waals surface area (Å²) in [4.78, 5) is 27.5. The lowest BCUT2D eigenvalue weighted by Gasteiger charge is -2.25. The third-order valence-electron chi connectivity index (χ3n) is 4.64. The predicted molar refractivity (Wildman–Crippen MR) is 92.4 cm³/mol. The van der Waals surface area contributed by atoms with E-state index < -0.39 is 0 Å². The number of fused-ring (bicyclic) bond motifs is 1. The molecule has 2 N–H and O–H groups in total. The molecule has 0 spiro atoms. The first-order valence-corrected chi connectivity index (χ1v) is 8.26. The lowest BCUT2D eigenvalue weighted by atomic mass is 9.82. The second-order valence-electron chi connectivity index (χ2n) is 6.08. The summed E-state index contributed by atoms with van der Waals surface area (Å²) in [7, 11) is 1.37. The van der Waals surface area contributed by atoms with Crippen LogP contribution in [0, 0.1) is 11.8 Å². The summed E-state index contributed by atoms with van der Waals surface area (Å²) in [6, 6.07) is 8.11. The number of H-pyrrole nitrogens is 1. The van der Waals surface area contributed by atoms with E-state index in [-0.39, 0.29) is 23.7 Å². The minimum absolute atomic E-state index is 0.0745. The lowest BCUT2D eigenvalue weighted by molar-refractivity contribution is -0.150. The van der Waals surface area contributed by atoms with Gasteiger partial charge in [0.05, 0.1) is 18.9 Å². The van der Waals surface area contributed by atoms with Crippen molar-refractivity contribution < 1.29 is 14.3 Å². The Labute approximate surface area is 141 Å². The molecule has 126 valence electrons. The normalized spacial score (nSPS) is 20.0. The zero-order valence-corrected chi connectivity index (χ0v) is 13.7. The second kappa shape index (κ2) is 7.34. The van der Waals surface area contributed by atoms with E-state index >= 15 is 0 Å². The van der Waals surface area contributed by atoms with Crippen LogP contribution in [0.25, 0.3) is 10.9 Å². The average Bonchev–Trinajstić information content (AvgIpc) is 3.04. The summed E-state index contributed by atoms with van der Waals surface area (Å²) in [5, 5.41) is 4.15. The number of aromatic amines is 1. The number of allylic oxidation sites excluding steroid dienone is 2. The number of ether oxygens (including phenoxy) is 1. The number of esters is 1. The van der Waals surface area contributed by atoms with Gasteiger partial charge in [-0.2, -0.15) is 0 Å². The molecule has 3 rings (SSSR count). The van der Waals surface area contributed by atoms with E-state index in [1.165, 1.54) is 18.1 Å². The molecule has 0 unspecified atom stereocenters. The Hall–Kier alpha value is -2.56. The first kappa shape index (κ1) is 16.3. The molecule has 1 amide bonds. The molecule has 24 heavy (non-hydrogen) atoms. The first-order valence-electron chi connectivity index (χ1n) is 8.26. The average molecular weight is 326 g/mol. The Bertz CT molecular complexity index is 763. The summed E-state index contributed by atoms with van der Waals surface area (Å²) in [5.41, 5.74) is 2.28. The molecule has 1 aromatic heterocycles. The van der Waals surface area contributed by atoms with Crippen LogP contribution in [0.3, 0.4) is 0 Å². The molecule has 5 heteroatoms. The second-order valence-corrected chi connectivity index (χ2v) is 6.08. The molecular formula is C19H22N2O3. The summed E-state index contributed by atoms with van der Waals surface area (Å²) in [6.07, 6.45) is 7.78. The van der Waals surface area contributed by atoms with Gasteiger partial charge in [-0.25, -0.2) is 0 Å². The number of carbonyl (C=O) groups is 2. The van der Waals surface area contributed by atoms with Crippen molar-refractivity contribution in [3.8, 4) is 0 Å². The van der Waals surface area contributed by atoms with E-state index in [4.69, 9.17) is 4.74 Å².